The second-order valence-electron chi connectivity index (χ2n) is 7.38. The number of amides is 2. The van der Waals surface area contributed by atoms with Gasteiger partial charge < -0.3 is 15.6 Å². The summed E-state index contributed by atoms with van der Waals surface area (Å²) in [5.74, 6) is -0.827. The van der Waals surface area contributed by atoms with Gasteiger partial charge in [-0.3, -0.25) is 14.9 Å². The zero-order valence-electron chi connectivity index (χ0n) is 15.5. The number of ether oxygens (including phenoxy) is 1. The standard InChI is InChI=1S/C19H29N3O4/c1-12(2)10-14(20)18(24)22-19(25)16-17(23)15(8-9-21-16)26-11-13-6-4-3-5-7-13/h8-9,12-14,23H,3-7,10-11,20H2,1-2H3,(H,22,24,25)/t14-/m0/s1. The van der Waals surface area contributed by atoms with E-state index in [4.69, 9.17) is 10.5 Å². The summed E-state index contributed by atoms with van der Waals surface area (Å²) in [6.07, 6.45) is 7.72. The number of nitrogens with two attached hydrogens (primary N) is 1. The van der Waals surface area contributed by atoms with Gasteiger partial charge in [-0.25, -0.2) is 4.98 Å². The lowest BCUT2D eigenvalue weighted by Gasteiger charge is -2.22. The molecule has 144 valence electrons. The third-order valence-corrected chi connectivity index (χ3v) is 4.60. The van der Waals surface area contributed by atoms with Crippen molar-refractivity contribution in [2.45, 2.75) is 58.4 Å². The van der Waals surface area contributed by atoms with Gasteiger partial charge in [0.2, 0.25) is 5.91 Å². The Labute approximate surface area is 154 Å². The number of aromatic nitrogens is 1. The number of carbonyl (C=O) groups is 2. The third kappa shape index (κ3) is 5.69. The molecule has 2 amide bonds. The molecule has 1 aromatic rings. The minimum Gasteiger partial charge on any atom is -0.503 e. The Morgan fingerprint density at radius 3 is 2.69 bits per heavy atom. The van der Waals surface area contributed by atoms with Gasteiger partial charge in [0.1, 0.15) is 0 Å². The first-order valence-electron chi connectivity index (χ1n) is 9.30. The fourth-order valence-electron chi connectivity index (χ4n) is 3.16. The van der Waals surface area contributed by atoms with Crippen LogP contribution in [0.25, 0.3) is 0 Å². The second kappa shape index (κ2) is 9.52. The van der Waals surface area contributed by atoms with Crippen molar-refractivity contribution in [1.82, 2.24) is 10.3 Å². The molecule has 1 saturated carbocycles. The second-order valence-corrected chi connectivity index (χ2v) is 7.38. The van der Waals surface area contributed by atoms with Crippen LogP contribution in [-0.4, -0.2) is 34.6 Å². The lowest BCUT2D eigenvalue weighted by molar-refractivity contribution is -0.121. The smallest absolute Gasteiger partial charge is 0.280 e. The fraction of sp³-hybridized carbons (Fsp3) is 0.632. The Morgan fingerprint density at radius 1 is 1.35 bits per heavy atom. The number of aromatic hydroxyl groups is 1. The van der Waals surface area contributed by atoms with Gasteiger partial charge in [-0.15, -0.1) is 0 Å². The first-order chi connectivity index (χ1) is 12.4. The highest BCUT2D eigenvalue weighted by Gasteiger charge is 2.23. The molecule has 0 unspecified atom stereocenters. The topological polar surface area (TPSA) is 115 Å². The SMILES string of the molecule is CC(C)C[C@H](N)C(=O)NC(=O)c1nccc(OCC2CCCCC2)c1O. The summed E-state index contributed by atoms with van der Waals surface area (Å²) in [5, 5.41) is 12.5. The Morgan fingerprint density at radius 2 is 2.04 bits per heavy atom. The molecule has 1 aliphatic carbocycles. The van der Waals surface area contributed by atoms with E-state index in [1.165, 1.54) is 31.5 Å². The Hall–Kier alpha value is -2.15. The van der Waals surface area contributed by atoms with Crippen molar-refractivity contribution in [3.63, 3.8) is 0 Å². The van der Waals surface area contributed by atoms with Crippen molar-refractivity contribution in [2.75, 3.05) is 6.61 Å². The van der Waals surface area contributed by atoms with E-state index in [1.807, 2.05) is 13.8 Å². The van der Waals surface area contributed by atoms with Crippen LogP contribution in [0.3, 0.4) is 0 Å². The maximum atomic E-state index is 12.3. The largest absolute Gasteiger partial charge is 0.503 e. The van der Waals surface area contributed by atoms with Gasteiger partial charge in [-0.05, 0) is 31.1 Å². The molecule has 0 spiro atoms. The molecule has 2 rings (SSSR count). The van der Waals surface area contributed by atoms with Crippen molar-refractivity contribution in [3.8, 4) is 11.5 Å². The number of hydrogen-bond acceptors (Lipinski definition) is 6. The lowest BCUT2D eigenvalue weighted by atomic mass is 9.90. The molecule has 1 aromatic heterocycles. The monoisotopic (exact) mass is 363 g/mol. The first kappa shape index (κ1) is 20.2. The summed E-state index contributed by atoms with van der Waals surface area (Å²) in [7, 11) is 0. The number of pyridine rings is 1. The highest BCUT2D eigenvalue weighted by Crippen LogP contribution is 2.30. The lowest BCUT2D eigenvalue weighted by Crippen LogP contribution is -2.44. The summed E-state index contributed by atoms with van der Waals surface area (Å²) < 4.78 is 5.69. The van der Waals surface area contributed by atoms with Gasteiger partial charge in [0.25, 0.3) is 5.91 Å². The third-order valence-electron chi connectivity index (χ3n) is 4.60. The summed E-state index contributed by atoms with van der Waals surface area (Å²) in [6.45, 7) is 4.38. The highest BCUT2D eigenvalue weighted by molar-refractivity contribution is 6.06. The van der Waals surface area contributed by atoms with Crippen LogP contribution in [0.15, 0.2) is 12.3 Å². The van der Waals surface area contributed by atoms with Crippen molar-refractivity contribution < 1.29 is 19.4 Å². The van der Waals surface area contributed by atoms with E-state index in [9.17, 15) is 14.7 Å². The Balaban J connectivity index is 1.98. The Bertz CT molecular complexity index is 627. The van der Waals surface area contributed by atoms with Gasteiger partial charge in [0.05, 0.1) is 12.6 Å². The summed E-state index contributed by atoms with van der Waals surface area (Å²) in [5.41, 5.74) is 5.53. The molecular formula is C19H29N3O4. The predicted octanol–water partition coefficient (Wildman–Crippen LogP) is 2.38. The molecule has 0 aromatic carbocycles. The number of imide groups is 1. The van der Waals surface area contributed by atoms with Crippen molar-refractivity contribution in [2.24, 2.45) is 17.6 Å². The van der Waals surface area contributed by atoms with E-state index in [2.05, 4.69) is 10.3 Å². The molecular weight excluding hydrogens is 334 g/mol. The van der Waals surface area contributed by atoms with Gasteiger partial charge in [0.15, 0.2) is 17.2 Å². The molecule has 0 saturated heterocycles. The van der Waals surface area contributed by atoms with E-state index in [1.54, 1.807) is 0 Å². The minimum absolute atomic E-state index is 0.203. The maximum Gasteiger partial charge on any atom is 0.280 e. The molecule has 4 N–H and O–H groups in total. The van der Waals surface area contributed by atoms with Gasteiger partial charge in [-0.1, -0.05) is 33.1 Å². The molecule has 7 nitrogen and oxygen atoms in total. The van der Waals surface area contributed by atoms with Crippen LogP contribution in [0.1, 0.15) is 62.9 Å². The van der Waals surface area contributed by atoms with Gasteiger partial charge in [-0.2, -0.15) is 0 Å². The van der Waals surface area contributed by atoms with Crippen LogP contribution in [0.5, 0.6) is 11.5 Å². The van der Waals surface area contributed by atoms with Crippen LogP contribution >= 0.6 is 0 Å². The van der Waals surface area contributed by atoms with Crippen LogP contribution in [0, 0.1) is 11.8 Å². The van der Waals surface area contributed by atoms with Crippen molar-refractivity contribution in [1.29, 1.82) is 0 Å². The van der Waals surface area contributed by atoms with E-state index in [-0.39, 0.29) is 23.1 Å². The quantitative estimate of drug-likeness (QED) is 0.685. The number of carbonyl (C=O) groups excluding carboxylic acids is 2. The Kier molecular flexibility index (Phi) is 7.38. The van der Waals surface area contributed by atoms with E-state index in [0.29, 0.717) is 18.9 Å². The zero-order valence-corrected chi connectivity index (χ0v) is 15.5. The molecule has 1 fully saturated rings. The molecule has 1 aliphatic rings. The zero-order chi connectivity index (χ0) is 19.1. The summed E-state index contributed by atoms with van der Waals surface area (Å²) in [6, 6.07) is 0.730. The van der Waals surface area contributed by atoms with E-state index >= 15 is 0 Å². The fourth-order valence-corrected chi connectivity index (χ4v) is 3.16. The van der Waals surface area contributed by atoms with E-state index < -0.39 is 17.9 Å². The number of hydrogen-bond donors (Lipinski definition) is 3. The van der Waals surface area contributed by atoms with Crippen LogP contribution in [0.2, 0.25) is 0 Å². The summed E-state index contributed by atoms with van der Waals surface area (Å²) >= 11 is 0. The molecule has 1 atom stereocenters. The van der Waals surface area contributed by atoms with Gasteiger partial charge in [0, 0.05) is 12.3 Å². The number of nitrogens with one attached hydrogen (secondary N) is 1. The average molecular weight is 363 g/mol. The van der Waals surface area contributed by atoms with Gasteiger partial charge >= 0.3 is 0 Å². The molecule has 0 bridgehead atoms. The first-order valence-corrected chi connectivity index (χ1v) is 9.30. The predicted molar refractivity (Wildman–Crippen MR) is 97.9 cm³/mol. The highest BCUT2D eigenvalue weighted by atomic mass is 16.5. The maximum absolute atomic E-state index is 12.3. The molecule has 1 heterocycles. The van der Waals surface area contributed by atoms with Crippen molar-refractivity contribution in [3.05, 3.63) is 18.0 Å². The molecule has 26 heavy (non-hydrogen) atoms. The number of nitrogens with zero attached hydrogens (tertiary/aromatic N) is 1. The number of rotatable bonds is 7. The van der Waals surface area contributed by atoms with Crippen LogP contribution < -0.4 is 15.8 Å². The van der Waals surface area contributed by atoms with Crippen LogP contribution in [-0.2, 0) is 4.79 Å². The van der Waals surface area contributed by atoms with Crippen LogP contribution in [0.4, 0.5) is 0 Å². The molecule has 7 heteroatoms. The molecule has 0 aliphatic heterocycles. The van der Waals surface area contributed by atoms with Crippen molar-refractivity contribution >= 4 is 11.8 Å². The minimum atomic E-state index is -0.785. The average Bonchev–Trinajstić information content (AvgIpc) is 2.61. The summed E-state index contributed by atoms with van der Waals surface area (Å²) in [4.78, 5) is 28.1. The van der Waals surface area contributed by atoms with E-state index in [0.717, 1.165) is 12.8 Å². The normalized spacial score (nSPS) is 16.3. The molecule has 0 radical (unpaired) electrons.